The van der Waals surface area contributed by atoms with Crippen LogP contribution < -0.4 is 4.74 Å². The van der Waals surface area contributed by atoms with E-state index in [1.807, 2.05) is 12.1 Å². The molecule has 1 aliphatic heterocycles. The number of ether oxygens (including phenoxy) is 2. The first kappa shape index (κ1) is 24.1. The summed E-state index contributed by atoms with van der Waals surface area (Å²) in [6.45, 7) is 2.60. The normalized spacial score (nSPS) is 16.9. The highest BCUT2D eigenvalue weighted by atomic mass is 35.5. The molecule has 0 amide bonds. The summed E-state index contributed by atoms with van der Waals surface area (Å²) in [5, 5.41) is 10.4. The van der Waals surface area contributed by atoms with E-state index >= 15 is 0 Å². The van der Waals surface area contributed by atoms with Gasteiger partial charge in [-0.3, -0.25) is 9.69 Å². The molecule has 1 heterocycles. The number of carboxylic acids is 1. The molecule has 1 atom stereocenters. The van der Waals surface area contributed by atoms with Crippen LogP contribution in [0.4, 0.5) is 0 Å². The third kappa shape index (κ3) is 6.64. The molecule has 3 rings (SSSR count). The average molecular weight is 481 g/mol. The molecule has 2 aromatic rings. The number of morpholine rings is 1. The standard InChI is InChI=1S/C20H20Cl3NO4.ClH/c21-15-2-1-3-16(22)14(15)12-28-18-5-4-13(10-17(18)23)19-11-24(8-9-27-19)7-6-20(25)26;/h1-5,10,19H,6-9,11-12H2,(H,25,26);1H. The van der Waals surface area contributed by atoms with Crippen molar-refractivity contribution in [1.82, 2.24) is 4.90 Å². The Kier molecular flexibility index (Phi) is 9.34. The summed E-state index contributed by atoms with van der Waals surface area (Å²) in [5.74, 6) is -0.272. The van der Waals surface area contributed by atoms with Crippen LogP contribution >= 0.6 is 47.2 Å². The fraction of sp³-hybridized carbons (Fsp3) is 0.350. The summed E-state index contributed by atoms with van der Waals surface area (Å²) < 4.78 is 11.6. The lowest BCUT2D eigenvalue weighted by molar-refractivity contribution is -0.137. The first-order valence-corrected chi connectivity index (χ1v) is 9.98. The van der Waals surface area contributed by atoms with Crippen LogP contribution in [-0.2, 0) is 16.1 Å². The average Bonchev–Trinajstić information content (AvgIpc) is 2.67. The molecule has 29 heavy (non-hydrogen) atoms. The van der Waals surface area contributed by atoms with Crippen LogP contribution in [0.1, 0.15) is 23.7 Å². The van der Waals surface area contributed by atoms with Crippen molar-refractivity contribution >= 4 is 53.2 Å². The molecule has 1 aliphatic rings. The molecule has 0 bridgehead atoms. The van der Waals surface area contributed by atoms with Gasteiger partial charge in [-0.2, -0.15) is 0 Å². The molecule has 1 saturated heterocycles. The summed E-state index contributed by atoms with van der Waals surface area (Å²) in [6, 6.07) is 10.8. The van der Waals surface area contributed by atoms with E-state index < -0.39 is 5.97 Å². The molecule has 0 saturated carbocycles. The number of aliphatic carboxylic acids is 1. The van der Waals surface area contributed by atoms with E-state index in [9.17, 15) is 4.79 Å². The first-order chi connectivity index (χ1) is 13.4. The maximum Gasteiger partial charge on any atom is 0.304 e. The van der Waals surface area contributed by atoms with Crippen LogP contribution in [0.15, 0.2) is 36.4 Å². The summed E-state index contributed by atoms with van der Waals surface area (Å²) in [4.78, 5) is 12.9. The highest BCUT2D eigenvalue weighted by Gasteiger charge is 2.23. The van der Waals surface area contributed by atoms with Crippen LogP contribution in [0.3, 0.4) is 0 Å². The number of rotatable bonds is 7. The molecular formula is C20H21Cl4NO4. The van der Waals surface area contributed by atoms with Gasteiger partial charge in [-0.25, -0.2) is 0 Å². The van der Waals surface area contributed by atoms with E-state index in [0.717, 1.165) is 12.1 Å². The lowest BCUT2D eigenvalue weighted by Gasteiger charge is -2.33. The Morgan fingerprint density at radius 1 is 1.17 bits per heavy atom. The number of carbonyl (C=O) groups is 1. The second-order valence-electron chi connectivity index (χ2n) is 6.48. The zero-order valence-corrected chi connectivity index (χ0v) is 18.5. The van der Waals surface area contributed by atoms with Gasteiger partial charge in [0.05, 0.1) is 24.2 Å². The Hall–Kier alpha value is -1.21. The highest BCUT2D eigenvalue weighted by Crippen LogP contribution is 2.32. The van der Waals surface area contributed by atoms with Gasteiger partial charge in [0.2, 0.25) is 0 Å². The summed E-state index contributed by atoms with van der Waals surface area (Å²) >= 11 is 18.7. The molecule has 5 nitrogen and oxygen atoms in total. The van der Waals surface area contributed by atoms with Crippen LogP contribution in [0.5, 0.6) is 5.75 Å². The fourth-order valence-corrected chi connectivity index (χ4v) is 3.77. The Balaban J connectivity index is 0.00000300. The molecule has 0 aromatic heterocycles. The maximum atomic E-state index is 10.8. The quantitative estimate of drug-likeness (QED) is 0.567. The SMILES string of the molecule is Cl.O=C(O)CCN1CCOC(c2ccc(OCc3c(Cl)cccc3Cl)c(Cl)c2)C1. The Bertz CT molecular complexity index is 829. The predicted octanol–water partition coefficient (Wildman–Crippen LogP) is 5.50. The van der Waals surface area contributed by atoms with Gasteiger partial charge in [-0.1, -0.05) is 46.9 Å². The number of carboxylic acid groups (broad SMARTS) is 1. The van der Waals surface area contributed by atoms with Gasteiger partial charge in [0.25, 0.3) is 0 Å². The van der Waals surface area contributed by atoms with Gasteiger partial charge < -0.3 is 14.6 Å². The Morgan fingerprint density at radius 3 is 2.55 bits per heavy atom. The van der Waals surface area contributed by atoms with Crippen LogP contribution in [0, 0.1) is 0 Å². The van der Waals surface area contributed by atoms with Crippen molar-refractivity contribution in [3.05, 3.63) is 62.6 Å². The summed E-state index contributed by atoms with van der Waals surface area (Å²) in [7, 11) is 0. The zero-order valence-electron chi connectivity index (χ0n) is 15.4. The van der Waals surface area contributed by atoms with Gasteiger partial charge >= 0.3 is 5.97 Å². The van der Waals surface area contributed by atoms with E-state index in [2.05, 4.69) is 4.90 Å². The van der Waals surface area contributed by atoms with E-state index in [1.165, 1.54) is 0 Å². The Labute approximate surface area is 190 Å². The van der Waals surface area contributed by atoms with E-state index in [0.29, 0.717) is 46.1 Å². The minimum atomic E-state index is -0.800. The van der Waals surface area contributed by atoms with Gasteiger partial charge in [-0.15, -0.1) is 12.4 Å². The number of hydrogen-bond donors (Lipinski definition) is 1. The fourth-order valence-electron chi connectivity index (χ4n) is 3.02. The minimum Gasteiger partial charge on any atom is -0.487 e. The first-order valence-electron chi connectivity index (χ1n) is 8.85. The number of nitrogens with zero attached hydrogens (tertiary/aromatic N) is 1. The molecule has 1 N–H and O–H groups in total. The lowest BCUT2D eigenvalue weighted by Crippen LogP contribution is -2.39. The molecule has 1 fully saturated rings. The summed E-state index contributed by atoms with van der Waals surface area (Å²) in [5.41, 5.74) is 1.63. The third-order valence-corrected chi connectivity index (χ3v) is 5.56. The largest absolute Gasteiger partial charge is 0.487 e. The Morgan fingerprint density at radius 2 is 1.90 bits per heavy atom. The molecule has 9 heteroatoms. The number of halogens is 4. The van der Waals surface area contributed by atoms with Gasteiger partial charge in [0, 0.05) is 35.2 Å². The zero-order chi connectivity index (χ0) is 20.1. The van der Waals surface area contributed by atoms with Crippen molar-refractivity contribution < 1.29 is 19.4 Å². The second kappa shape index (κ2) is 11.3. The third-order valence-electron chi connectivity index (χ3n) is 4.55. The lowest BCUT2D eigenvalue weighted by atomic mass is 10.1. The van der Waals surface area contributed by atoms with Crippen LogP contribution in [0.25, 0.3) is 0 Å². The van der Waals surface area contributed by atoms with Crippen LogP contribution in [0.2, 0.25) is 15.1 Å². The molecule has 0 aliphatic carbocycles. The van der Waals surface area contributed by atoms with E-state index in [4.69, 9.17) is 49.4 Å². The second-order valence-corrected chi connectivity index (χ2v) is 7.70. The predicted molar refractivity (Wildman–Crippen MR) is 117 cm³/mol. The molecule has 2 aromatic carbocycles. The topological polar surface area (TPSA) is 59.0 Å². The molecule has 1 unspecified atom stereocenters. The molecule has 158 valence electrons. The van der Waals surface area contributed by atoms with Gasteiger partial charge in [0.1, 0.15) is 12.4 Å². The van der Waals surface area contributed by atoms with Crippen molar-refractivity contribution in [1.29, 1.82) is 0 Å². The number of hydrogen-bond acceptors (Lipinski definition) is 4. The minimum absolute atomic E-state index is 0. The molecular weight excluding hydrogens is 460 g/mol. The van der Waals surface area contributed by atoms with E-state index in [-0.39, 0.29) is 31.5 Å². The monoisotopic (exact) mass is 479 g/mol. The molecule has 0 radical (unpaired) electrons. The van der Waals surface area contributed by atoms with Crippen molar-refractivity contribution in [2.75, 3.05) is 26.2 Å². The van der Waals surface area contributed by atoms with Gasteiger partial charge in [0.15, 0.2) is 0 Å². The smallest absolute Gasteiger partial charge is 0.304 e. The number of benzene rings is 2. The van der Waals surface area contributed by atoms with Crippen molar-refractivity contribution in [3.63, 3.8) is 0 Å². The summed E-state index contributed by atoms with van der Waals surface area (Å²) in [6.07, 6.45) is -0.0442. The van der Waals surface area contributed by atoms with Crippen LogP contribution in [-0.4, -0.2) is 42.2 Å². The molecule has 0 spiro atoms. The van der Waals surface area contributed by atoms with Gasteiger partial charge in [-0.05, 0) is 29.8 Å². The van der Waals surface area contributed by atoms with E-state index in [1.54, 1.807) is 24.3 Å². The maximum absolute atomic E-state index is 10.8. The van der Waals surface area contributed by atoms with Crippen molar-refractivity contribution in [2.45, 2.75) is 19.1 Å². The highest BCUT2D eigenvalue weighted by molar-refractivity contribution is 6.36. The van der Waals surface area contributed by atoms with Crippen molar-refractivity contribution in [3.8, 4) is 5.75 Å². The van der Waals surface area contributed by atoms with Crippen molar-refractivity contribution in [2.24, 2.45) is 0 Å².